The molecule has 13 heavy (non-hydrogen) atoms. The lowest BCUT2D eigenvalue weighted by Crippen LogP contribution is -2.29. The van der Waals surface area contributed by atoms with Crippen LogP contribution in [0.5, 0.6) is 0 Å². The van der Waals surface area contributed by atoms with Gasteiger partial charge in [-0.15, -0.1) is 0 Å². The van der Waals surface area contributed by atoms with Crippen LogP contribution in [0.1, 0.15) is 33.1 Å². The molecule has 0 aromatic carbocycles. The van der Waals surface area contributed by atoms with Crippen molar-refractivity contribution in [3.8, 4) is 0 Å². The van der Waals surface area contributed by atoms with Crippen molar-refractivity contribution in [1.82, 2.24) is 0 Å². The first kappa shape index (κ1) is 15.9. The smallest absolute Gasteiger partial charge is 0.0355 e. The van der Waals surface area contributed by atoms with E-state index in [9.17, 15) is 0 Å². The SMILES string of the molecule is CCCCC(I)C(I)C(I)C(C)I. The third-order valence-corrected chi connectivity index (χ3v) is 11.7. The van der Waals surface area contributed by atoms with E-state index in [0.29, 0.717) is 0 Å². The molecular formula is C9H16I4. The van der Waals surface area contributed by atoms with Crippen LogP contribution in [0.15, 0.2) is 0 Å². The van der Waals surface area contributed by atoms with E-state index in [0.717, 1.165) is 15.7 Å². The van der Waals surface area contributed by atoms with Gasteiger partial charge in [0.2, 0.25) is 0 Å². The largest absolute Gasteiger partial charge is 0.0817 e. The molecule has 0 rings (SSSR count). The van der Waals surface area contributed by atoms with Crippen LogP contribution in [0.2, 0.25) is 0 Å². The van der Waals surface area contributed by atoms with Gasteiger partial charge in [-0.25, -0.2) is 0 Å². The van der Waals surface area contributed by atoms with E-state index < -0.39 is 0 Å². The summed E-state index contributed by atoms with van der Waals surface area (Å²) in [7, 11) is 0. The first-order valence-corrected chi connectivity index (χ1v) is 9.55. The molecule has 4 unspecified atom stereocenters. The molecule has 0 saturated carbocycles. The summed E-state index contributed by atoms with van der Waals surface area (Å²) in [4.78, 5) is 0. The predicted octanol–water partition coefficient (Wildman–Crippen LogP) is 5.41. The van der Waals surface area contributed by atoms with Crippen molar-refractivity contribution in [1.29, 1.82) is 0 Å². The molecule has 4 heteroatoms. The Balaban J connectivity index is 3.86. The molecule has 0 aliphatic heterocycles. The van der Waals surface area contributed by atoms with E-state index >= 15 is 0 Å². The van der Waals surface area contributed by atoms with Gasteiger partial charge in [-0.2, -0.15) is 0 Å². The number of hydrogen-bond donors (Lipinski definition) is 0. The lowest BCUT2D eigenvalue weighted by molar-refractivity contribution is 0.677. The minimum atomic E-state index is 0.777. The normalized spacial score (nSPS) is 20.8. The first-order valence-electron chi connectivity index (χ1n) is 4.57. The molecule has 80 valence electrons. The highest BCUT2D eigenvalue weighted by molar-refractivity contribution is 14.1. The summed E-state index contributed by atoms with van der Waals surface area (Å²) in [6.45, 7) is 4.58. The number of alkyl halides is 4. The number of unbranched alkanes of at least 4 members (excludes halogenated alkanes) is 1. The third-order valence-electron chi connectivity index (χ3n) is 1.92. The Labute approximate surface area is 137 Å². The van der Waals surface area contributed by atoms with Crippen LogP contribution in [-0.4, -0.2) is 15.7 Å². The van der Waals surface area contributed by atoms with Crippen LogP contribution in [-0.2, 0) is 0 Å². The number of halogens is 4. The molecule has 0 N–H and O–H groups in total. The molecule has 4 atom stereocenters. The second-order valence-corrected chi connectivity index (χ2v) is 9.67. The van der Waals surface area contributed by atoms with Crippen molar-refractivity contribution in [3.63, 3.8) is 0 Å². The van der Waals surface area contributed by atoms with Gasteiger partial charge in [0.25, 0.3) is 0 Å². The summed E-state index contributed by atoms with van der Waals surface area (Å²) in [5.74, 6) is 0. The molecular weight excluding hydrogens is 616 g/mol. The van der Waals surface area contributed by atoms with Crippen molar-refractivity contribution in [2.45, 2.75) is 48.8 Å². The number of rotatable bonds is 6. The predicted molar refractivity (Wildman–Crippen MR) is 96.4 cm³/mol. The van der Waals surface area contributed by atoms with Gasteiger partial charge in [0.05, 0.1) is 0 Å². The van der Waals surface area contributed by atoms with Gasteiger partial charge in [0.1, 0.15) is 0 Å². The van der Waals surface area contributed by atoms with Gasteiger partial charge in [-0.3, -0.25) is 0 Å². The van der Waals surface area contributed by atoms with Gasteiger partial charge in [-0.05, 0) is 6.42 Å². The fourth-order valence-corrected chi connectivity index (χ4v) is 5.42. The van der Waals surface area contributed by atoms with Crippen LogP contribution in [0.3, 0.4) is 0 Å². The van der Waals surface area contributed by atoms with E-state index in [-0.39, 0.29) is 0 Å². The molecule has 0 nitrogen and oxygen atoms in total. The fourth-order valence-electron chi connectivity index (χ4n) is 1.01. The minimum Gasteiger partial charge on any atom is -0.0817 e. The second kappa shape index (κ2) is 9.00. The molecule has 0 fully saturated rings. The highest BCUT2D eigenvalue weighted by atomic mass is 127. The van der Waals surface area contributed by atoms with Crippen LogP contribution in [0.4, 0.5) is 0 Å². The van der Waals surface area contributed by atoms with E-state index in [1.807, 2.05) is 0 Å². The van der Waals surface area contributed by atoms with E-state index in [1.54, 1.807) is 0 Å². The second-order valence-electron chi connectivity index (χ2n) is 3.22. The minimum absolute atomic E-state index is 0.777. The van der Waals surface area contributed by atoms with Crippen molar-refractivity contribution >= 4 is 90.4 Å². The fraction of sp³-hybridized carbons (Fsp3) is 1.00. The molecule has 0 aliphatic carbocycles. The number of hydrogen-bond acceptors (Lipinski definition) is 0. The van der Waals surface area contributed by atoms with Gasteiger partial charge in [-0.1, -0.05) is 117 Å². The molecule has 0 bridgehead atoms. The van der Waals surface area contributed by atoms with Crippen LogP contribution in [0, 0.1) is 0 Å². The Morgan fingerprint density at radius 3 is 1.92 bits per heavy atom. The highest BCUT2D eigenvalue weighted by Crippen LogP contribution is 2.31. The monoisotopic (exact) mass is 632 g/mol. The van der Waals surface area contributed by atoms with Crippen LogP contribution < -0.4 is 0 Å². The Morgan fingerprint density at radius 2 is 1.54 bits per heavy atom. The lowest BCUT2D eigenvalue weighted by atomic mass is 10.1. The van der Waals surface area contributed by atoms with Gasteiger partial charge >= 0.3 is 0 Å². The van der Waals surface area contributed by atoms with Gasteiger partial charge < -0.3 is 0 Å². The Hall–Kier alpha value is 2.92. The van der Waals surface area contributed by atoms with Crippen LogP contribution >= 0.6 is 90.4 Å². The van der Waals surface area contributed by atoms with Crippen molar-refractivity contribution in [3.05, 3.63) is 0 Å². The molecule has 0 saturated heterocycles. The average Bonchev–Trinajstić information content (AvgIpc) is 2.11. The summed E-state index contributed by atoms with van der Waals surface area (Å²) < 4.78 is 3.24. The first-order chi connectivity index (χ1) is 6.00. The van der Waals surface area contributed by atoms with Gasteiger partial charge in [0.15, 0.2) is 0 Å². The Morgan fingerprint density at radius 1 is 1.00 bits per heavy atom. The summed E-state index contributed by atoms with van der Waals surface area (Å²) in [5, 5.41) is 0. The summed E-state index contributed by atoms with van der Waals surface area (Å²) in [6, 6.07) is 0. The zero-order chi connectivity index (χ0) is 10.4. The lowest BCUT2D eigenvalue weighted by Gasteiger charge is -2.23. The summed E-state index contributed by atoms with van der Waals surface area (Å²) >= 11 is 10.4. The molecule has 0 aromatic heterocycles. The molecule has 0 aliphatic rings. The molecule has 0 aromatic rings. The quantitative estimate of drug-likeness (QED) is 0.272. The molecule has 0 radical (unpaired) electrons. The molecule has 0 amide bonds. The van der Waals surface area contributed by atoms with E-state index in [2.05, 4.69) is 104 Å². The third kappa shape index (κ3) is 6.96. The van der Waals surface area contributed by atoms with Crippen LogP contribution in [0.25, 0.3) is 0 Å². The van der Waals surface area contributed by atoms with Crippen molar-refractivity contribution < 1.29 is 0 Å². The van der Waals surface area contributed by atoms with E-state index in [1.165, 1.54) is 19.3 Å². The van der Waals surface area contributed by atoms with Crippen molar-refractivity contribution in [2.24, 2.45) is 0 Å². The van der Waals surface area contributed by atoms with E-state index in [4.69, 9.17) is 0 Å². The highest BCUT2D eigenvalue weighted by Gasteiger charge is 2.25. The summed E-state index contributed by atoms with van der Waals surface area (Å²) in [5.41, 5.74) is 0. The zero-order valence-corrected chi connectivity index (χ0v) is 16.6. The average molecular weight is 632 g/mol. The topological polar surface area (TPSA) is 0 Å². The maximum absolute atomic E-state index is 2.63. The Kier molecular flexibility index (Phi) is 11.0. The van der Waals surface area contributed by atoms with Gasteiger partial charge in [0, 0.05) is 15.7 Å². The maximum atomic E-state index is 2.63. The standard InChI is InChI=1S/C9H16I4/c1-3-4-5-7(11)9(13)8(12)6(2)10/h6-9H,3-5H2,1-2H3. The Bertz CT molecular complexity index is 127. The summed E-state index contributed by atoms with van der Waals surface area (Å²) in [6.07, 6.45) is 4.09. The maximum Gasteiger partial charge on any atom is 0.0355 e. The molecule has 0 spiro atoms. The molecule has 0 heterocycles. The van der Waals surface area contributed by atoms with Crippen molar-refractivity contribution in [2.75, 3.05) is 0 Å². The zero-order valence-electron chi connectivity index (χ0n) is 7.94.